The van der Waals surface area contributed by atoms with Crippen molar-refractivity contribution in [2.75, 3.05) is 20.2 Å². The molecule has 5 atom stereocenters. The van der Waals surface area contributed by atoms with Crippen LogP contribution >= 0.6 is 11.3 Å². The van der Waals surface area contributed by atoms with Gasteiger partial charge in [0.05, 0.1) is 42.2 Å². The fraction of sp³-hybridized carbons (Fsp3) is 0.467. The number of carbonyl (C=O) groups is 4. The summed E-state index contributed by atoms with van der Waals surface area (Å²) < 4.78 is 4.84. The number of aliphatic hydroxyl groups is 1. The molecule has 5 amide bonds. The molecule has 2 aromatic heterocycles. The fourth-order valence-electron chi connectivity index (χ4n) is 7.49. The summed E-state index contributed by atoms with van der Waals surface area (Å²) in [6, 6.07) is 19.7. The van der Waals surface area contributed by atoms with Crippen LogP contribution in [0.4, 0.5) is 9.59 Å². The minimum Gasteiger partial charge on any atom is -0.453 e. The van der Waals surface area contributed by atoms with Crippen molar-refractivity contribution in [3.63, 3.8) is 0 Å². The summed E-state index contributed by atoms with van der Waals surface area (Å²) in [5, 5.41) is 24.0. The number of thiazole rings is 1. The Kier molecular flexibility index (Phi) is 14.9. The van der Waals surface area contributed by atoms with E-state index in [4.69, 9.17) is 4.74 Å². The number of amides is 5. The highest BCUT2D eigenvalue weighted by atomic mass is 32.1. The van der Waals surface area contributed by atoms with Gasteiger partial charge in [-0.3, -0.25) is 14.6 Å². The molecule has 5 rings (SSSR count). The van der Waals surface area contributed by atoms with Crippen molar-refractivity contribution < 1.29 is 29.0 Å². The SMILES string of the molecule is COC(=O)NC(C(=O)N[C@H](Cc1ccc(-c2ccccn2)cc1)C[C@H](O)[C@H](Cc1ccccc1)NC(=O)C(N1CCN(Cc2csc(C)n2)C1=O)C(C)(C)C)C(C)(C)C. The summed E-state index contributed by atoms with van der Waals surface area (Å²) in [6.07, 6.45) is 0.553. The van der Waals surface area contributed by atoms with Crippen LogP contribution < -0.4 is 16.0 Å². The molecule has 2 aromatic carbocycles. The molecule has 1 aliphatic rings. The second kappa shape index (κ2) is 19.6. The number of aliphatic hydroxyl groups excluding tert-OH is 1. The van der Waals surface area contributed by atoms with E-state index in [0.29, 0.717) is 32.5 Å². The lowest BCUT2D eigenvalue weighted by molar-refractivity contribution is -0.131. The topological polar surface area (TPSA) is 166 Å². The highest BCUT2D eigenvalue weighted by Gasteiger charge is 2.44. The van der Waals surface area contributed by atoms with Crippen molar-refractivity contribution in [3.8, 4) is 11.3 Å². The molecule has 2 unspecified atom stereocenters. The number of nitrogens with one attached hydrogen (secondary N) is 3. The Bertz CT molecular complexity index is 2010. The predicted octanol–water partition coefficient (Wildman–Crippen LogP) is 6.14. The number of hydrogen-bond donors (Lipinski definition) is 4. The van der Waals surface area contributed by atoms with Gasteiger partial charge in [-0.25, -0.2) is 14.6 Å². The number of ether oxygens (including phenoxy) is 1. The molecule has 316 valence electrons. The van der Waals surface area contributed by atoms with Gasteiger partial charge in [0.1, 0.15) is 12.1 Å². The largest absolute Gasteiger partial charge is 0.453 e. The maximum Gasteiger partial charge on any atom is 0.407 e. The zero-order chi connectivity index (χ0) is 42.9. The lowest BCUT2D eigenvalue weighted by Crippen LogP contribution is -2.59. The Hall–Kier alpha value is -5.34. The third-order valence-electron chi connectivity index (χ3n) is 10.5. The van der Waals surface area contributed by atoms with Crippen LogP contribution in [0.15, 0.2) is 84.4 Å². The molecule has 3 heterocycles. The molecule has 1 aliphatic heterocycles. The van der Waals surface area contributed by atoms with E-state index in [0.717, 1.165) is 33.1 Å². The molecule has 1 saturated heterocycles. The first-order chi connectivity index (χ1) is 27.9. The minimum atomic E-state index is -1.14. The molecule has 4 N–H and O–H groups in total. The molecule has 0 aliphatic carbocycles. The van der Waals surface area contributed by atoms with Gasteiger partial charge < -0.3 is 35.6 Å². The molecule has 13 nitrogen and oxygen atoms in total. The number of carbonyl (C=O) groups excluding carboxylic acids is 4. The van der Waals surface area contributed by atoms with Gasteiger partial charge in [0.2, 0.25) is 11.8 Å². The summed E-state index contributed by atoms with van der Waals surface area (Å²) in [6.45, 7) is 14.4. The first-order valence-corrected chi connectivity index (χ1v) is 20.9. The second-order valence-corrected chi connectivity index (χ2v) is 18.5. The maximum atomic E-state index is 14.6. The molecule has 0 radical (unpaired) electrons. The van der Waals surface area contributed by atoms with Crippen LogP contribution in [0.5, 0.6) is 0 Å². The smallest absolute Gasteiger partial charge is 0.407 e. The number of aromatic nitrogens is 2. The molecule has 1 fully saturated rings. The van der Waals surface area contributed by atoms with E-state index in [9.17, 15) is 24.3 Å². The zero-order valence-corrected chi connectivity index (χ0v) is 36.2. The lowest BCUT2D eigenvalue weighted by atomic mass is 9.84. The molecule has 4 aromatic rings. The van der Waals surface area contributed by atoms with Gasteiger partial charge in [-0.15, -0.1) is 11.3 Å². The average Bonchev–Trinajstić information content (AvgIpc) is 3.76. The van der Waals surface area contributed by atoms with Crippen LogP contribution in [0, 0.1) is 17.8 Å². The van der Waals surface area contributed by atoms with E-state index in [1.807, 2.05) is 127 Å². The minimum absolute atomic E-state index is 0.0598. The van der Waals surface area contributed by atoms with Crippen LogP contribution in [-0.4, -0.2) is 99.3 Å². The number of alkyl carbamates (subject to hydrolysis) is 1. The van der Waals surface area contributed by atoms with E-state index in [-0.39, 0.29) is 18.4 Å². The Labute approximate surface area is 352 Å². The van der Waals surface area contributed by atoms with Crippen LogP contribution in [-0.2, 0) is 33.7 Å². The quantitative estimate of drug-likeness (QED) is 0.105. The summed E-state index contributed by atoms with van der Waals surface area (Å²) in [7, 11) is 1.24. The maximum absolute atomic E-state index is 14.6. The average molecular weight is 826 g/mol. The zero-order valence-electron chi connectivity index (χ0n) is 35.4. The van der Waals surface area contributed by atoms with Crippen molar-refractivity contribution in [2.45, 2.75) is 105 Å². The van der Waals surface area contributed by atoms with Gasteiger partial charge in [0.25, 0.3) is 0 Å². The third-order valence-corrected chi connectivity index (χ3v) is 11.3. The molecule has 0 saturated carbocycles. The number of methoxy groups -OCH3 is 1. The molecule has 59 heavy (non-hydrogen) atoms. The van der Waals surface area contributed by atoms with Gasteiger partial charge >= 0.3 is 12.1 Å². The van der Waals surface area contributed by atoms with Crippen molar-refractivity contribution in [2.24, 2.45) is 10.8 Å². The van der Waals surface area contributed by atoms with Gasteiger partial charge in [-0.05, 0) is 60.3 Å². The van der Waals surface area contributed by atoms with Crippen molar-refractivity contribution in [1.29, 1.82) is 0 Å². The van der Waals surface area contributed by atoms with E-state index < -0.39 is 53.1 Å². The number of rotatable bonds is 16. The molecular weight excluding hydrogens is 767 g/mol. The second-order valence-electron chi connectivity index (χ2n) is 17.4. The first kappa shape index (κ1) is 44.8. The number of nitrogens with zero attached hydrogens (tertiary/aromatic N) is 4. The van der Waals surface area contributed by atoms with E-state index in [2.05, 4.69) is 25.9 Å². The van der Waals surface area contributed by atoms with E-state index in [1.54, 1.807) is 16.0 Å². The normalized spacial score (nSPS) is 15.8. The summed E-state index contributed by atoms with van der Waals surface area (Å²) in [5.74, 6) is -0.815. The summed E-state index contributed by atoms with van der Waals surface area (Å²) in [4.78, 5) is 67.1. The summed E-state index contributed by atoms with van der Waals surface area (Å²) in [5.41, 5.74) is 3.03. The van der Waals surface area contributed by atoms with Crippen LogP contribution in [0.1, 0.15) is 69.8 Å². The molecule has 14 heteroatoms. The predicted molar refractivity (Wildman–Crippen MR) is 229 cm³/mol. The van der Waals surface area contributed by atoms with Gasteiger partial charge in [0, 0.05) is 36.3 Å². The number of aryl methyl sites for hydroxylation is 1. The molecule has 0 spiro atoms. The van der Waals surface area contributed by atoms with Gasteiger partial charge in [0.15, 0.2) is 0 Å². The van der Waals surface area contributed by atoms with Crippen molar-refractivity contribution >= 4 is 35.3 Å². The molecular formula is C45H59N7O6S. The number of urea groups is 1. The standard InChI is InChI=1S/C45H59N7O6S/c1-29-47-34(28-59-29)27-51-22-23-52(43(51)57)39(45(5,6)7)41(55)49-36(25-30-14-10-9-11-15-30)37(53)26-33(48-40(54)38(44(2,3)4)50-42(56)58-8)24-31-17-19-32(20-18-31)35-16-12-13-21-46-35/h9-21,28,33,36-39,53H,22-27H2,1-8H3,(H,48,54)(H,49,55)(H,50,56)/t33-,36+,37+,38?,39?/m1/s1. The van der Waals surface area contributed by atoms with Gasteiger partial charge in [-0.2, -0.15) is 0 Å². The molecule has 0 bridgehead atoms. The lowest BCUT2D eigenvalue weighted by Gasteiger charge is -2.38. The Morgan fingerprint density at radius 3 is 2.12 bits per heavy atom. The highest BCUT2D eigenvalue weighted by Crippen LogP contribution is 2.30. The Morgan fingerprint density at radius 2 is 1.53 bits per heavy atom. The van der Waals surface area contributed by atoms with Crippen LogP contribution in [0.3, 0.4) is 0 Å². The number of hydrogen-bond acceptors (Lipinski definition) is 9. The van der Waals surface area contributed by atoms with Crippen LogP contribution in [0.25, 0.3) is 11.3 Å². The summed E-state index contributed by atoms with van der Waals surface area (Å²) >= 11 is 1.53. The number of benzene rings is 2. The van der Waals surface area contributed by atoms with Crippen LogP contribution in [0.2, 0.25) is 0 Å². The fourth-order valence-corrected chi connectivity index (χ4v) is 8.10. The van der Waals surface area contributed by atoms with Gasteiger partial charge in [-0.1, -0.05) is 102 Å². The van der Waals surface area contributed by atoms with Crippen molar-refractivity contribution in [1.82, 2.24) is 35.7 Å². The highest BCUT2D eigenvalue weighted by molar-refractivity contribution is 7.09. The first-order valence-electron chi connectivity index (χ1n) is 20.1. The number of pyridine rings is 1. The third kappa shape index (κ3) is 12.3. The van der Waals surface area contributed by atoms with E-state index >= 15 is 0 Å². The Balaban J connectivity index is 1.41. The van der Waals surface area contributed by atoms with E-state index in [1.165, 1.54) is 18.4 Å². The monoisotopic (exact) mass is 825 g/mol. The van der Waals surface area contributed by atoms with Crippen molar-refractivity contribution in [3.05, 3.63) is 106 Å². The Morgan fingerprint density at radius 1 is 0.847 bits per heavy atom.